The lowest BCUT2D eigenvalue weighted by Crippen LogP contribution is -2.15. The van der Waals surface area contributed by atoms with Crippen LogP contribution in [0.2, 0.25) is 0 Å². The van der Waals surface area contributed by atoms with Crippen molar-refractivity contribution in [3.8, 4) is 11.5 Å². The zero-order chi connectivity index (χ0) is 17.2. The lowest BCUT2D eigenvalue weighted by Gasteiger charge is -2.17. The fourth-order valence-corrected chi connectivity index (χ4v) is 4.09. The van der Waals surface area contributed by atoms with Gasteiger partial charge in [-0.15, -0.1) is 11.8 Å². The van der Waals surface area contributed by atoms with Crippen molar-refractivity contribution in [3.05, 3.63) is 42.0 Å². The van der Waals surface area contributed by atoms with Gasteiger partial charge in [0.1, 0.15) is 13.2 Å². The van der Waals surface area contributed by atoms with Crippen LogP contribution in [0.5, 0.6) is 11.5 Å². The second kappa shape index (κ2) is 6.93. The van der Waals surface area contributed by atoms with Crippen LogP contribution in [0.3, 0.4) is 0 Å². The van der Waals surface area contributed by atoms with Crippen molar-refractivity contribution >= 4 is 44.4 Å². The van der Waals surface area contributed by atoms with Crippen molar-refractivity contribution in [2.45, 2.75) is 11.8 Å². The van der Waals surface area contributed by atoms with Crippen LogP contribution in [-0.2, 0) is 0 Å². The van der Waals surface area contributed by atoms with E-state index < -0.39 is 0 Å². The largest absolute Gasteiger partial charge is 0.486 e. The number of ether oxygens (including phenoxy) is 2. The Morgan fingerprint density at radius 3 is 2.64 bits per heavy atom. The normalized spacial score (nSPS) is 13.0. The summed E-state index contributed by atoms with van der Waals surface area (Å²) in [6.07, 6.45) is 0. The molecule has 128 valence electrons. The number of benzene rings is 2. The molecule has 3 aromatic rings. The number of aromatic nitrogens is 1. The molecule has 25 heavy (non-hydrogen) atoms. The smallest absolute Gasteiger partial charge is 0.257 e. The SMILES string of the molecule is CCSc1ccc(C(=O)Nc2nc3cc4c(cc3s2)OCCO4)cc1. The molecule has 5 nitrogen and oxygen atoms in total. The van der Waals surface area contributed by atoms with Crippen LogP contribution in [0.15, 0.2) is 41.3 Å². The van der Waals surface area contributed by atoms with Crippen LogP contribution in [0, 0.1) is 0 Å². The molecule has 0 bridgehead atoms. The number of anilines is 1. The third-order valence-corrected chi connectivity index (χ3v) is 5.53. The lowest BCUT2D eigenvalue weighted by atomic mass is 10.2. The van der Waals surface area contributed by atoms with Gasteiger partial charge in [-0.2, -0.15) is 0 Å². The fraction of sp³-hybridized carbons (Fsp3) is 0.222. The molecule has 1 aliphatic rings. The van der Waals surface area contributed by atoms with Gasteiger partial charge in [-0.25, -0.2) is 4.98 Å². The highest BCUT2D eigenvalue weighted by molar-refractivity contribution is 7.99. The molecular formula is C18H16N2O3S2. The molecule has 1 amide bonds. The number of carbonyl (C=O) groups is 1. The molecule has 0 saturated heterocycles. The molecule has 1 N–H and O–H groups in total. The monoisotopic (exact) mass is 372 g/mol. The zero-order valence-electron chi connectivity index (χ0n) is 13.6. The van der Waals surface area contributed by atoms with Gasteiger partial charge in [0.15, 0.2) is 16.6 Å². The molecule has 0 radical (unpaired) electrons. The third kappa shape index (κ3) is 3.43. The van der Waals surface area contributed by atoms with Crippen LogP contribution < -0.4 is 14.8 Å². The van der Waals surface area contributed by atoms with E-state index in [1.165, 1.54) is 11.3 Å². The highest BCUT2D eigenvalue weighted by Crippen LogP contribution is 2.37. The molecule has 4 rings (SSSR count). The summed E-state index contributed by atoms with van der Waals surface area (Å²) in [7, 11) is 0. The minimum Gasteiger partial charge on any atom is -0.486 e. The number of nitrogens with one attached hydrogen (secondary N) is 1. The van der Waals surface area contributed by atoms with E-state index in [9.17, 15) is 4.79 Å². The summed E-state index contributed by atoms with van der Waals surface area (Å²) >= 11 is 3.17. The Hall–Kier alpha value is -2.25. The highest BCUT2D eigenvalue weighted by atomic mass is 32.2. The predicted molar refractivity (Wildman–Crippen MR) is 101 cm³/mol. The third-order valence-electron chi connectivity index (χ3n) is 3.70. The molecule has 0 aliphatic carbocycles. The standard InChI is InChI=1S/C18H16N2O3S2/c1-2-24-12-5-3-11(4-6-12)17(21)20-18-19-13-9-14-15(10-16(13)25-18)23-8-7-22-14/h3-6,9-10H,2,7-8H2,1H3,(H,19,20,21). The molecule has 2 aromatic carbocycles. The number of thiazole rings is 1. The van der Waals surface area contributed by atoms with Crippen LogP contribution in [0.4, 0.5) is 5.13 Å². The van der Waals surface area contributed by atoms with Gasteiger partial charge in [-0.05, 0) is 30.0 Å². The van der Waals surface area contributed by atoms with Crippen molar-refractivity contribution in [2.24, 2.45) is 0 Å². The Kier molecular flexibility index (Phi) is 4.50. The number of hydrogen-bond acceptors (Lipinski definition) is 6. The van der Waals surface area contributed by atoms with E-state index in [1.54, 1.807) is 11.8 Å². The van der Waals surface area contributed by atoms with Gasteiger partial charge in [0.2, 0.25) is 0 Å². The van der Waals surface area contributed by atoms with Crippen LogP contribution >= 0.6 is 23.1 Å². The summed E-state index contributed by atoms with van der Waals surface area (Å²) in [4.78, 5) is 18.1. The van der Waals surface area contributed by atoms with Crippen LogP contribution in [0.1, 0.15) is 17.3 Å². The van der Waals surface area contributed by atoms with E-state index in [1.807, 2.05) is 36.4 Å². The number of amides is 1. The number of fused-ring (bicyclic) bond motifs is 2. The Bertz CT molecular complexity index is 879. The van der Waals surface area contributed by atoms with Crippen molar-refractivity contribution in [1.82, 2.24) is 4.98 Å². The average Bonchev–Trinajstić information content (AvgIpc) is 3.01. The van der Waals surface area contributed by atoms with Gasteiger partial charge < -0.3 is 9.47 Å². The topological polar surface area (TPSA) is 60.5 Å². The van der Waals surface area contributed by atoms with Crippen LogP contribution in [-0.4, -0.2) is 29.9 Å². The molecule has 1 aromatic heterocycles. The van der Waals surface area contributed by atoms with Crippen molar-refractivity contribution in [3.63, 3.8) is 0 Å². The Morgan fingerprint density at radius 1 is 1.20 bits per heavy atom. The summed E-state index contributed by atoms with van der Waals surface area (Å²) in [5, 5.41) is 3.43. The maximum atomic E-state index is 12.4. The predicted octanol–water partition coefficient (Wildman–Crippen LogP) is 4.43. The van der Waals surface area contributed by atoms with Gasteiger partial charge in [0.05, 0.1) is 10.2 Å². The first kappa shape index (κ1) is 16.2. The van der Waals surface area contributed by atoms with Gasteiger partial charge in [0.25, 0.3) is 5.91 Å². The molecule has 7 heteroatoms. The van der Waals surface area contributed by atoms with Crippen molar-refractivity contribution in [1.29, 1.82) is 0 Å². The molecule has 0 fully saturated rings. The quantitative estimate of drug-likeness (QED) is 0.687. The second-order valence-corrected chi connectivity index (χ2v) is 7.76. The van der Waals surface area contributed by atoms with E-state index in [4.69, 9.17) is 9.47 Å². The molecule has 2 heterocycles. The Balaban J connectivity index is 1.54. The van der Waals surface area contributed by atoms with Crippen molar-refractivity contribution < 1.29 is 14.3 Å². The Morgan fingerprint density at radius 2 is 1.92 bits per heavy atom. The summed E-state index contributed by atoms with van der Waals surface area (Å²) < 4.78 is 12.1. The number of nitrogens with zero attached hydrogens (tertiary/aromatic N) is 1. The van der Waals surface area contributed by atoms with E-state index in [2.05, 4.69) is 17.2 Å². The maximum absolute atomic E-state index is 12.4. The summed E-state index contributed by atoms with van der Waals surface area (Å²) in [5.41, 5.74) is 1.41. The summed E-state index contributed by atoms with van der Waals surface area (Å²) in [6.45, 7) is 3.19. The molecule has 0 saturated carbocycles. The molecule has 0 atom stereocenters. The van der Waals surface area contributed by atoms with Gasteiger partial charge >= 0.3 is 0 Å². The van der Waals surface area contributed by atoms with Gasteiger partial charge in [-0.1, -0.05) is 18.3 Å². The number of thioether (sulfide) groups is 1. The fourth-order valence-electron chi connectivity index (χ4n) is 2.56. The van der Waals surface area contributed by atoms with Gasteiger partial charge in [0, 0.05) is 22.6 Å². The number of hydrogen-bond donors (Lipinski definition) is 1. The highest BCUT2D eigenvalue weighted by Gasteiger charge is 2.16. The molecule has 0 unspecified atom stereocenters. The zero-order valence-corrected chi connectivity index (χ0v) is 15.2. The first-order valence-electron chi connectivity index (χ1n) is 7.97. The molecular weight excluding hydrogens is 356 g/mol. The van der Waals surface area contributed by atoms with E-state index in [-0.39, 0.29) is 5.91 Å². The van der Waals surface area contributed by atoms with E-state index in [0.717, 1.165) is 26.6 Å². The minimum atomic E-state index is -0.163. The molecule has 1 aliphatic heterocycles. The maximum Gasteiger partial charge on any atom is 0.257 e. The average molecular weight is 372 g/mol. The minimum absolute atomic E-state index is 0.163. The van der Waals surface area contributed by atoms with Crippen LogP contribution in [0.25, 0.3) is 10.2 Å². The summed E-state index contributed by atoms with van der Waals surface area (Å²) in [5.74, 6) is 2.27. The number of carbonyl (C=O) groups excluding carboxylic acids is 1. The first-order valence-corrected chi connectivity index (χ1v) is 9.77. The van der Waals surface area contributed by atoms with Crippen molar-refractivity contribution in [2.75, 3.05) is 24.3 Å². The van der Waals surface area contributed by atoms with E-state index in [0.29, 0.717) is 29.7 Å². The Labute approximate surface area is 153 Å². The first-order chi connectivity index (χ1) is 12.2. The van der Waals surface area contributed by atoms with Gasteiger partial charge in [-0.3, -0.25) is 10.1 Å². The summed E-state index contributed by atoms with van der Waals surface area (Å²) in [6, 6.07) is 11.4. The molecule has 0 spiro atoms. The number of rotatable bonds is 4. The van der Waals surface area contributed by atoms with E-state index >= 15 is 0 Å². The lowest BCUT2D eigenvalue weighted by molar-refractivity contribution is 0.102. The second-order valence-electron chi connectivity index (χ2n) is 5.39.